The fraction of sp³-hybridized carbons (Fsp3) is 0.333. The smallest absolute Gasteiger partial charge is 0.141 e. The molecule has 0 spiro atoms. The minimum atomic E-state index is -0.207. The number of hydrogen-bond donors (Lipinski definition) is 5. The minimum Gasteiger partial charge on any atom is -0.399 e. The first-order chi connectivity index (χ1) is 24.0. The highest BCUT2D eigenvalue weighted by atomic mass is 16.5. The zero-order valence-electron chi connectivity index (χ0n) is 28.0. The first-order valence-corrected chi connectivity index (χ1v) is 17.3. The van der Waals surface area contributed by atoms with E-state index in [0.717, 1.165) is 108 Å². The quantitative estimate of drug-likeness (QED) is 0.119. The average molecular weight is 659 g/mol. The highest BCUT2D eigenvalue weighted by Gasteiger charge is 2.26. The zero-order valence-corrected chi connectivity index (χ0v) is 28.0. The monoisotopic (exact) mass is 658 g/mol. The Morgan fingerprint density at radius 1 is 0.612 bits per heavy atom. The van der Waals surface area contributed by atoms with Crippen molar-refractivity contribution in [2.75, 3.05) is 44.7 Å². The van der Waals surface area contributed by atoms with Gasteiger partial charge in [-0.05, 0) is 105 Å². The van der Waals surface area contributed by atoms with Gasteiger partial charge in [-0.25, -0.2) is 9.97 Å². The molecule has 49 heavy (non-hydrogen) atoms. The van der Waals surface area contributed by atoms with Gasteiger partial charge in [0.1, 0.15) is 23.9 Å². The number of nitrogens with zero attached hydrogens (tertiary/aromatic N) is 3. The highest BCUT2D eigenvalue weighted by molar-refractivity contribution is 5.75. The average Bonchev–Trinajstić information content (AvgIpc) is 3.77. The van der Waals surface area contributed by atoms with Gasteiger partial charge in [0.2, 0.25) is 0 Å². The number of anilines is 2. The van der Waals surface area contributed by atoms with Crippen molar-refractivity contribution in [2.24, 2.45) is 0 Å². The second-order valence-electron chi connectivity index (χ2n) is 13.1. The highest BCUT2D eigenvalue weighted by Crippen LogP contribution is 2.31. The number of nitrogens with two attached hydrogens (primary N) is 2. The number of para-hydroxylation sites is 4. The molecule has 0 aliphatic carbocycles. The molecular weight excluding hydrogens is 612 g/mol. The van der Waals surface area contributed by atoms with Crippen molar-refractivity contribution < 1.29 is 9.47 Å². The van der Waals surface area contributed by atoms with Crippen LogP contribution in [0.3, 0.4) is 0 Å². The number of nitrogens with one attached hydrogen (secondary N) is 3. The van der Waals surface area contributed by atoms with Gasteiger partial charge in [-0.2, -0.15) is 0 Å². The number of rotatable bonds is 8. The molecule has 2 unspecified atom stereocenters. The van der Waals surface area contributed by atoms with Gasteiger partial charge in [0.05, 0.1) is 34.3 Å². The Hall–Kier alpha value is -4.74. The molecule has 0 saturated carbocycles. The van der Waals surface area contributed by atoms with Crippen molar-refractivity contribution in [3.63, 3.8) is 0 Å². The molecule has 4 aromatic carbocycles. The summed E-state index contributed by atoms with van der Waals surface area (Å²) in [5.74, 6) is 1.70. The molecule has 0 amide bonds. The molecule has 0 radical (unpaired) electrons. The summed E-state index contributed by atoms with van der Waals surface area (Å²) in [5.41, 5.74) is 19.3. The Morgan fingerprint density at radius 3 is 1.49 bits per heavy atom. The lowest BCUT2D eigenvalue weighted by molar-refractivity contribution is -0.0264. The van der Waals surface area contributed by atoms with Crippen molar-refractivity contribution in [1.82, 2.24) is 30.2 Å². The van der Waals surface area contributed by atoms with Crippen LogP contribution in [0.5, 0.6) is 0 Å². The molecule has 254 valence electrons. The van der Waals surface area contributed by atoms with Crippen LogP contribution in [0.1, 0.15) is 60.7 Å². The number of imidazole rings is 2. The number of H-pyrrole nitrogens is 2. The summed E-state index contributed by atoms with van der Waals surface area (Å²) in [7, 11) is 2.16. The van der Waals surface area contributed by atoms with Crippen LogP contribution in [-0.2, 0) is 9.47 Å². The number of likely N-dealkylation sites (tertiary alicyclic amines) is 1. The fourth-order valence-corrected chi connectivity index (χ4v) is 6.57. The number of hydrogen-bond acceptors (Lipinski definition) is 8. The molecule has 2 aromatic heterocycles. The topological polar surface area (TPSA) is 143 Å². The largest absolute Gasteiger partial charge is 0.399 e. The molecule has 2 fully saturated rings. The summed E-state index contributed by atoms with van der Waals surface area (Å²) in [5, 5.41) is 3.38. The van der Waals surface area contributed by atoms with Crippen LogP contribution >= 0.6 is 0 Å². The number of aromatic nitrogens is 4. The summed E-state index contributed by atoms with van der Waals surface area (Å²) in [4.78, 5) is 18.7. The van der Waals surface area contributed by atoms with Crippen LogP contribution in [0.2, 0.25) is 0 Å². The molecule has 10 nitrogen and oxygen atoms in total. The van der Waals surface area contributed by atoms with E-state index in [-0.39, 0.29) is 24.4 Å². The molecule has 0 bridgehead atoms. The predicted octanol–water partition coefficient (Wildman–Crippen LogP) is 6.35. The Labute approximate surface area is 287 Å². The van der Waals surface area contributed by atoms with Crippen molar-refractivity contribution >= 4 is 33.4 Å². The summed E-state index contributed by atoms with van der Waals surface area (Å²) in [6, 6.07) is 31.9. The van der Waals surface area contributed by atoms with Crippen molar-refractivity contribution in [1.29, 1.82) is 0 Å². The van der Waals surface area contributed by atoms with E-state index in [1.807, 2.05) is 97.1 Å². The first kappa shape index (κ1) is 32.8. The number of ether oxygens (including phenoxy) is 2. The molecule has 2 saturated heterocycles. The number of nitrogen functional groups attached to an aromatic ring is 2. The van der Waals surface area contributed by atoms with E-state index in [1.165, 1.54) is 0 Å². The van der Waals surface area contributed by atoms with E-state index in [0.29, 0.717) is 0 Å². The van der Waals surface area contributed by atoms with Gasteiger partial charge in [0, 0.05) is 24.5 Å². The van der Waals surface area contributed by atoms with Gasteiger partial charge in [-0.1, -0.05) is 48.5 Å². The second kappa shape index (κ2) is 15.2. The second-order valence-corrected chi connectivity index (χ2v) is 13.1. The van der Waals surface area contributed by atoms with E-state index in [2.05, 4.69) is 27.2 Å². The van der Waals surface area contributed by atoms with Gasteiger partial charge in [-0.3, -0.25) is 0 Å². The summed E-state index contributed by atoms with van der Waals surface area (Å²) < 4.78 is 13.0. The Balaban J connectivity index is 0.000000154. The SMILES string of the molecule is CN1CCC(OC(c2ccc(N)cc2)c2nc3ccccc3[nH]2)CC1.Nc1ccc(C(OC2CCNCC2)c2nc3ccccc3[nH]2)cc1. The third-order valence-corrected chi connectivity index (χ3v) is 9.40. The summed E-state index contributed by atoms with van der Waals surface area (Å²) in [6.07, 6.45) is 4.19. The van der Waals surface area contributed by atoms with Crippen LogP contribution in [0.15, 0.2) is 97.1 Å². The third kappa shape index (κ3) is 8.12. The van der Waals surface area contributed by atoms with Gasteiger partial charge in [0.15, 0.2) is 0 Å². The fourth-order valence-electron chi connectivity index (χ4n) is 6.57. The summed E-state index contributed by atoms with van der Waals surface area (Å²) >= 11 is 0. The molecule has 2 atom stereocenters. The van der Waals surface area contributed by atoms with E-state index >= 15 is 0 Å². The van der Waals surface area contributed by atoms with Crippen molar-refractivity contribution in [2.45, 2.75) is 50.1 Å². The molecular formula is C39H46N8O2. The number of piperidine rings is 2. The molecule has 2 aliphatic rings. The number of aromatic amines is 2. The van der Waals surface area contributed by atoms with Crippen LogP contribution in [0.25, 0.3) is 22.1 Å². The van der Waals surface area contributed by atoms with Gasteiger partial charge in [-0.15, -0.1) is 0 Å². The van der Waals surface area contributed by atoms with Gasteiger partial charge >= 0.3 is 0 Å². The van der Waals surface area contributed by atoms with E-state index in [9.17, 15) is 0 Å². The molecule has 7 N–H and O–H groups in total. The predicted molar refractivity (Wildman–Crippen MR) is 196 cm³/mol. The van der Waals surface area contributed by atoms with Crippen LogP contribution in [-0.4, -0.2) is 70.3 Å². The van der Waals surface area contributed by atoms with E-state index in [4.69, 9.17) is 30.9 Å². The summed E-state index contributed by atoms with van der Waals surface area (Å²) in [6.45, 7) is 4.14. The molecule has 4 heterocycles. The lowest BCUT2D eigenvalue weighted by Crippen LogP contribution is -2.35. The maximum atomic E-state index is 6.52. The maximum absolute atomic E-state index is 6.52. The molecule has 10 heteroatoms. The van der Waals surface area contributed by atoms with Crippen LogP contribution in [0.4, 0.5) is 11.4 Å². The Kier molecular flexibility index (Phi) is 10.2. The number of benzene rings is 4. The van der Waals surface area contributed by atoms with Crippen molar-refractivity contribution in [3.05, 3.63) is 120 Å². The zero-order chi connectivity index (χ0) is 33.6. The maximum Gasteiger partial charge on any atom is 0.141 e. The van der Waals surface area contributed by atoms with Gasteiger partial charge < -0.3 is 41.1 Å². The normalized spacial score (nSPS) is 17.5. The Bertz CT molecular complexity index is 1860. The lowest BCUT2D eigenvalue weighted by atomic mass is 10.1. The van der Waals surface area contributed by atoms with Crippen LogP contribution < -0.4 is 16.8 Å². The van der Waals surface area contributed by atoms with Crippen molar-refractivity contribution in [3.8, 4) is 0 Å². The Morgan fingerprint density at radius 2 is 1.04 bits per heavy atom. The van der Waals surface area contributed by atoms with Gasteiger partial charge in [0.25, 0.3) is 0 Å². The van der Waals surface area contributed by atoms with Crippen LogP contribution in [0, 0.1) is 0 Å². The molecule has 2 aliphatic heterocycles. The first-order valence-electron chi connectivity index (χ1n) is 17.3. The molecule has 6 aromatic rings. The number of fused-ring (bicyclic) bond motifs is 2. The molecule has 8 rings (SSSR count). The van der Waals surface area contributed by atoms with E-state index in [1.54, 1.807) is 0 Å². The standard InChI is InChI=1S/C20H24N4O.C19H22N4O/c1-24-12-10-16(11-13-24)25-19(14-6-8-15(21)9-7-14)20-22-17-4-2-3-5-18(17)23-20;20-14-7-5-13(6-8-14)18(24-15-9-11-21-12-10-15)19-22-16-3-1-2-4-17(16)23-19/h2-9,16,19H,10-13,21H2,1H3,(H,22,23);1-8,15,18,21H,9-12,20H2,(H,22,23). The van der Waals surface area contributed by atoms with E-state index < -0.39 is 0 Å². The third-order valence-electron chi connectivity index (χ3n) is 9.40. The lowest BCUT2D eigenvalue weighted by Gasteiger charge is -2.31. The minimum absolute atomic E-state index is 0.207.